The molecule has 1 fully saturated rings. The lowest BCUT2D eigenvalue weighted by Crippen LogP contribution is -2.39. The van der Waals surface area contributed by atoms with Crippen LogP contribution in [0.5, 0.6) is 0 Å². The van der Waals surface area contributed by atoms with Crippen molar-refractivity contribution in [2.45, 2.75) is 49.8 Å². The van der Waals surface area contributed by atoms with E-state index in [9.17, 15) is 0 Å². The average molecular weight is 333 g/mol. The van der Waals surface area contributed by atoms with Crippen LogP contribution in [0.1, 0.15) is 37.7 Å². The highest BCUT2D eigenvalue weighted by Gasteiger charge is 2.17. The minimum Gasteiger partial charge on any atom is -0.271 e. The van der Waals surface area contributed by atoms with Crippen LogP contribution >= 0.6 is 35.0 Å². The maximum Gasteiger partial charge on any atom is 0.0439 e. The molecule has 2 nitrogen and oxygen atoms in total. The van der Waals surface area contributed by atoms with Gasteiger partial charge in [0.05, 0.1) is 0 Å². The number of hydrazine groups is 1. The van der Waals surface area contributed by atoms with Crippen LogP contribution in [0.15, 0.2) is 18.2 Å². The fourth-order valence-corrected chi connectivity index (χ4v) is 4.39. The number of nitrogens with one attached hydrogen (secondary N) is 1. The van der Waals surface area contributed by atoms with Crippen LogP contribution < -0.4 is 11.3 Å². The third kappa shape index (κ3) is 5.12. The molecule has 1 unspecified atom stereocenters. The van der Waals surface area contributed by atoms with Gasteiger partial charge in [0.25, 0.3) is 0 Å². The quantitative estimate of drug-likeness (QED) is 0.597. The van der Waals surface area contributed by atoms with Crippen molar-refractivity contribution < 1.29 is 0 Å². The molecule has 0 aromatic heterocycles. The third-order valence-corrected chi connectivity index (χ3v) is 5.94. The summed E-state index contributed by atoms with van der Waals surface area (Å²) in [5, 5.41) is 2.28. The first-order valence-electron chi connectivity index (χ1n) is 7.20. The minimum absolute atomic E-state index is 0.234. The zero-order chi connectivity index (χ0) is 14.4. The highest BCUT2D eigenvalue weighted by Crippen LogP contribution is 2.29. The fourth-order valence-electron chi connectivity index (χ4n) is 2.62. The summed E-state index contributed by atoms with van der Waals surface area (Å²) >= 11 is 14.3. The van der Waals surface area contributed by atoms with E-state index in [1.165, 1.54) is 32.1 Å². The lowest BCUT2D eigenvalue weighted by atomic mass is 10.0. The van der Waals surface area contributed by atoms with Crippen LogP contribution in [-0.4, -0.2) is 17.0 Å². The van der Waals surface area contributed by atoms with Crippen molar-refractivity contribution in [3.8, 4) is 0 Å². The van der Waals surface area contributed by atoms with Gasteiger partial charge in [0.2, 0.25) is 0 Å². The minimum atomic E-state index is 0.234. The molecule has 1 atom stereocenters. The summed E-state index contributed by atoms with van der Waals surface area (Å²) in [4.78, 5) is 0. The highest BCUT2D eigenvalue weighted by atomic mass is 35.5. The van der Waals surface area contributed by atoms with E-state index in [1.54, 1.807) is 0 Å². The van der Waals surface area contributed by atoms with Crippen molar-refractivity contribution in [3.05, 3.63) is 33.8 Å². The molecule has 3 N–H and O–H groups in total. The van der Waals surface area contributed by atoms with Gasteiger partial charge < -0.3 is 0 Å². The Kier molecular flexibility index (Phi) is 6.99. The van der Waals surface area contributed by atoms with Gasteiger partial charge in [0.15, 0.2) is 0 Å². The number of thioether (sulfide) groups is 1. The van der Waals surface area contributed by atoms with Crippen LogP contribution in [0.4, 0.5) is 0 Å². The summed E-state index contributed by atoms with van der Waals surface area (Å²) in [6.07, 6.45) is 7.65. The maximum absolute atomic E-state index is 6.21. The van der Waals surface area contributed by atoms with Crippen molar-refractivity contribution in [2.75, 3.05) is 5.75 Å². The van der Waals surface area contributed by atoms with Gasteiger partial charge in [-0.15, -0.1) is 0 Å². The maximum atomic E-state index is 6.21. The van der Waals surface area contributed by atoms with Crippen LogP contribution in [0, 0.1) is 0 Å². The van der Waals surface area contributed by atoms with Crippen molar-refractivity contribution in [1.82, 2.24) is 5.43 Å². The van der Waals surface area contributed by atoms with E-state index < -0.39 is 0 Å². The summed E-state index contributed by atoms with van der Waals surface area (Å²) in [7, 11) is 0. The number of hydrogen-bond acceptors (Lipinski definition) is 3. The zero-order valence-corrected chi connectivity index (χ0v) is 13.9. The predicted octanol–water partition coefficient (Wildman–Crippen LogP) is 4.43. The molecule has 2 rings (SSSR count). The van der Waals surface area contributed by atoms with Crippen LogP contribution in [-0.2, 0) is 6.42 Å². The van der Waals surface area contributed by atoms with Gasteiger partial charge in [-0.1, -0.05) is 42.5 Å². The monoisotopic (exact) mass is 332 g/mol. The Morgan fingerprint density at radius 2 is 2.00 bits per heavy atom. The van der Waals surface area contributed by atoms with Crippen molar-refractivity contribution in [3.63, 3.8) is 0 Å². The van der Waals surface area contributed by atoms with Crippen LogP contribution in [0.3, 0.4) is 0 Å². The second-order valence-corrected chi connectivity index (χ2v) is 7.57. The SMILES string of the molecule is NNC(CSC1CCCCC1)Cc1cc(Cl)ccc1Cl. The van der Waals surface area contributed by atoms with Gasteiger partial charge in [0, 0.05) is 27.1 Å². The van der Waals surface area contributed by atoms with Crippen molar-refractivity contribution >= 4 is 35.0 Å². The molecule has 1 aliphatic rings. The molecule has 112 valence electrons. The van der Waals surface area contributed by atoms with Crippen LogP contribution in [0.2, 0.25) is 10.0 Å². The first-order chi connectivity index (χ1) is 9.69. The molecule has 0 heterocycles. The van der Waals surface area contributed by atoms with E-state index in [4.69, 9.17) is 29.0 Å². The zero-order valence-electron chi connectivity index (χ0n) is 11.6. The Morgan fingerprint density at radius 3 is 2.70 bits per heavy atom. The first-order valence-corrected chi connectivity index (χ1v) is 9.01. The molecule has 1 aliphatic carbocycles. The number of nitrogens with two attached hydrogens (primary N) is 1. The van der Waals surface area contributed by atoms with E-state index in [1.807, 2.05) is 30.0 Å². The van der Waals surface area contributed by atoms with Crippen LogP contribution in [0.25, 0.3) is 0 Å². The first kappa shape index (κ1) is 16.4. The molecule has 20 heavy (non-hydrogen) atoms. The van der Waals surface area contributed by atoms with Crippen molar-refractivity contribution in [2.24, 2.45) is 5.84 Å². The largest absolute Gasteiger partial charge is 0.271 e. The molecule has 1 saturated carbocycles. The molecule has 1 aromatic carbocycles. The van der Waals surface area contributed by atoms with E-state index in [-0.39, 0.29) is 6.04 Å². The number of benzene rings is 1. The Bertz CT molecular complexity index is 422. The van der Waals surface area contributed by atoms with Gasteiger partial charge in [0.1, 0.15) is 0 Å². The van der Waals surface area contributed by atoms with E-state index in [0.29, 0.717) is 0 Å². The lowest BCUT2D eigenvalue weighted by molar-refractivity contribution is 0.513. The molecule has 0 spiro atoms. The van der Waals surface area contributed by atoms with Gasteiger partial charge in [-0.3, -0.25) is 11.3 Å². The molecule has 0 radical (unpaired) electrons. The molecule has 0 saturated heterocycles. The van der Waals surface area contributed by atoms with E-state index >= 15 is 0 Å². The number of halogens is 2. The molecule has 0 bridgehead atoms. The predicted molar refractivity (Wildman–Crippen MR) is 90.6 cm³/mol. The Labute approximate surface area is 135 Å². The summed E-state index contributed by atoms with van der Waals surface area (Å²) in [6, 6.07) is 5.83. The normalized spacial score (nSPS) is 18.1. The van der Waals surface area contributed by atoms with Gasteiger partial charge in [-0.2, -0.15) is 11.8 Å². The Morgan fingerprint density at radius 1 is 1.25 bits per heavy atom. The van der Waals surface area contributed by atoms with Gasteiger partial charge in [-0.05, 0) is 43.0 Å². The van der Waals surface area contributed by atoms with E-state index in [2.05, 4.69) is 5.43 Å². The number of hydrogen-bond donors (Lipinski definition) is 2. The van der Waals surface area contributed by atoms with Gasteiger partial charge in [-0.25, -0.2) is 0 Å². The average Bonchev–Trinajstić information content (AvgIpc) is 2.48. The standard InChI is InChI=1S/C15H22Cl2N2S/c16-12-6-7-15(17)11(8-12)9-13(19-18)10-20-14-4-2-1-3-5-14/h6-8,13-14,19H,1-5,9-10,18H2. The summed E-state index contributed by atoms with van der Waals surface area (Å²) in [5.41, 5.74) is 3.98. The lowest BCUT2D eigenvalue weighted by Gasteiger charge is -2.24. The molecule has 5 heteroatoms. The highest BCUT2D eigenvalue weighted by molar-refractivity contribution is 7.99. The summed E-state index contributed by atoms with van der Waals surface area (Å²) < 4.78 is 0. The Hall–Kier alpha value is 0.0700. The third-order valence-electron chi connectivity index (χ3n) is 3.80. The van der Waals surface area contributed by atoms with E-state index in [0.717, 1.165) is 33.0 Å². The molecule has 0 aliphatic heterocycles. The molecular formula is C15H22Cl2N2S. The summed E-state index contributed by atoms with van der Waals surface area (Å²) in [6.45, 7) is 0. The smallest absolute Gasteiger partial charge is 0.0439 e. The molecular weight excluding hydrogens is 311 g/mol. The molecule has 1 aromatic rings. The second-order valence-electron chi connectivity index (χ2n) is 5.40. The topological polar surface area (TPSA) is 38.0 Å². The Balaban J connectivity index is 1.86. The number of rotatable bonds is 6. The second kappa shape index (κ2) is 8.50. The van der Waals surface area contributed by atoms with Gasteiger partial charge >= 0.3 is 0 Å². The summed E-state index contributed by atoms with van der Waals surface area (Å²) in [5.74, 6) is 6.70. The van der Waals surface area contributed by atoms with Crippen molar-refractivity contribution in [1.29, 1.82) is 0 Å². The molecule has 0 amide bonds. The fraction of sp³-hybridized carbons (Fsp3) is 0.600.